The largest absolute Gasteiger partial charge is 0.379 e. The molecule has 17 heavy (non-hydrogen) atoms. The van der Waals surface area contributed by atoms with E-state index in [4.69, 9.17) is 22.1 Å². The summed E-state index contributed by atoms with van der Waals surface area (Å²) in [5, 5.41) is 2.48. The SMILES string of the molecule is [B]C(=O)CCOCCOCCOCCNC=O. The fraction of sp³-hybridized carbons (Fsp3) is 0.800. The van der Waals surface area contributed by atoms with Gasteiger partial charge in [0.05, 0.1) is 45.3 Å². The lowest BCUT2D eigenvalue weighted by atomic mass is 10.0. The smallest absolute Gasteiger partial charge is 0.207 e. The van der Waals surface area contributed by atoms with Crippen LogP contribution in [0.5, 0.6) is 0 Å². The average molecular weight is 243 g/mol. The van der Waals surface area contributed by atoms with E-state index in [1.807, 2.05) is 0 Å². The summed E-state index contributed by atoms with van der Waals surface area (Å²) in [7, 11) is 4.93. The Morgan fingerprint density at radius 1 is 1.00 bits per heavy atom. The van der Waals surface area contributed by atoms with Crippen molar-refractivity contribution in [2.75, 3.05) is 46.2 Å². The molecule has 96 valence electrons. The van der Waals surface area contributed by atoms with Crippen LogP contribution in [0.3, 0.4) is 0 Å². The van der Waals surface area contributed by atoms with Gasteiger partial charge in [0.25, 0.3) is 0 Å². The highest BCUT2D eigenvalue weighted by Crippen LogP contribution is 1.84. The Balaban J connectivity index is 2.94. The molecule has 0 atom stereocenters. The van der Waals surface area contributed by atoms with Gasteiger partial charge in [-0.1, -0.05) is 0 Å². The van der Waals surface area contributed by atoms with E-state index in [1.165, 1.54) is 0 Å². The first-order chi connectivity index (χ1) is 8.27. The van der Waals surface area contributed by atoms with Crippen molar-refractivity contribution in [3.8, 4) is 0 Å². The lowest BCUT2D eigenvalue weighted by Crippen LogP contribution is -2.19. The first kappa shape index (κ1) is 16.1. The number of nitrogens with one attached hydrogen (secondary N) is 1. The van der Waals surface area contributed by atoms with Crippen molar-refractivity contribution in [1.29, 1.82) is 0 Å². The van der Waals surface area contributed by atoms with E-state index in [9.17, 15) is 9.59 Å². The molecule has 7 heteroatoms. The van der Waals surface area contributed by atoms with Gasteiger partial charge in [0.2, 0.25) is 6.41 Å². The topological polar surface area (TPSA) is 73.9 Å². The summed E-state index contributed by atoms with van der Waals surface area (Å²) >= 11 is 0. The third-order valence-corrected chi connectivity index (χ3v) is 1.71. The maximum Gasteiger partial charge on any atom is 0.207 e. The van der Waals surface area contributed by atoms with Crippen LogP contribution in [0.4, 0.5) is 0 Å². The van der Waals surface area contributed by atoms with E-state index < -0.39 is 0 Å². The minimum absolute atomic E-state index is 0.229. The fourth-order valence-corrected chi connectivity index (χ4v) is 0.905. The van der Waals surface area contributed by atoms with Gasteiger partial charge in [-0.15, -0.1) is 0 Å². The van der Waals surface area contributed by atoms with Crippen LogP contribution >= 0.6 is 0 Å². The lowest BCUT2D eigenvalue weighted by Gasteiger charge is -2.06. The number of carbonyl (C=O) groups is 2. The number of ether oxygens (including phenoxy) is 3. The normalized spacial score (nSPS) is 10.1. The van der Waals surface area contributed by atoms with Crippen LogP contribution in [-0.4, -0.2) is 66.1 Å². The zero-order valence-corrected chi connectivity index (χ0v) is 9.85. The van der Waals surface area contributed by atoms with E-state index in [1.54, 1.807) is 0 Å². The molecule has 0 rings (SSSR count). The Kier molecular flexibility index (Phi) is 12.4. The molecule has 0 aliphatic heterocycles. The van der Waals surface area contributed by atoms with Crippen molar-refractivity contribution in [2.24, 2.45) is 0 Å². The predicted octanol–water partition coefficient (Wildman–Crippen LogP) is -1.13. The number of amides is 1. The highest BCUT2D eigenvalue weighted by molar-refractivity contribution is 6.57. The van der Waals surface area contributed by atoms with Gasteiger partial charge >= 0.3 is 0 Å². The molecule has 0 bridgehead atoms. The van der Waals surface area contributed by atoms with Crippen molar-refractivity contribution in [1.82, 2.24) is 5.32 Å². The summed E-state index contributed by atoms with van der Waals surface area (Å²) in [6.45, 7) is 3.13. The Morgan fingerprint density at radius 2 is 1.53 bits per heavy atom. The van der Waals surface area contributed by atoms with E-state index >= 15 is 0 Å². The molecule has 0 saturated carbocycles. The van der Waals surface area contributed by atoms with Crippen molar-refractivity contribution in [3.05, 3.63) is 0 Å². The number of carbonyl (C=O) groups excluding carboxylic acids is 2. The second-order valence-electron chi connectivity index (χ2n) is 3.13. The summed E-state index contributed by atoms with van der Waals surface area (Å²) in [5.74, 6) is 0. The minimum Gasteiger partial charge on any atom is -0.379 e. The van der Waals surface area contributed by atoms with Crippen LogP contribution in [0, 0.1) is 0 Å². The minimum atomic E-state index is -0.372. The molecule has 0 aromatic carbocycles. The lowest BCUT2D eigenvalue weighted by molar-refractivity contribution is -0.113. The average Bonchev–Trinajstić information content (AvgIpc) is 2.30. The molecular formula is C10H18BNO5. The van der Waals surface area contributed by atoms with Gasteiger partial charge < -0.3 is 24.3 Å². The Bertz CT molecular complexity index is 203. The zero-order chi connectivity index (χ0) is 12.8. The molecule has 6 nitrogen and oxygen atoms in total. The van der Waals surface area contributed by atoms with Crippen LogP contribution in [0.1, 0.15) is 6.42 Å². The summed E-state index contributed by atoms with van der Waals surface area (Å²) in [4.78, 5) is 20.2. The predicted molar refractivity (Wildman–Crippen MR) is 61.9 cm³/mol. The molecule has 0 saturated heterocycles. The van der Waals surface area contributed by atoms with E-state index in [2.05, 4.69) is 5.32 Å². The molecule has 0 aromatic heterocycles. The maximum atomic E-state index is 10.3. The van der Waals surface area contributed by atoms with Crippen LogP contribution in [0.2, 0.25) is 0 Å². The van der Waals surface area contributed by atoms with Gasteiger partial charge in [-0.3, -0.25) is 4.79 Å². The first-order valence-corrected chi connectivity index (χ1v) is 5.46. The second kappa shape index (κ2) is 13.2. The highest BCUT2D eigenvalue weighted by Gasteiger charge is 1.94. The molecule has 0 heterocycles. The quantitative estimate of drug-likeness (QED) is 0.251. The molecule has 2 radical (unpaired) electrons. The van der Waals surface area contributed by atoms with E-state index in [0.717, 1.165) is 0 Å². The molecule has 1 N–H and O–H groups in total. The molecule has 0 aliphatic rings. The number of rotatable bonds is 13. The maximum absolute atomic E-state index is 10.3. The van der Waals surface area contributed by atoms with Gasteiger partial charge in [0, 0.05) is 13.0 Å². The summed E-state index contributed by atoms with van der Waals surface area (Å²) in [5.41, 5.74) is -0.372. The fourth-order valence-electron chi connectivity index (χ4n) is 0.905. The van der Waals surface area contributed by atoms with E-state index in [-0.39, 0.29) is 12.1 Å². The van der Waals surface area contributed by atoms with Crippen LogP contribution in [-0.2, 0) is 23.8 Å². The van der Waals surface area contributed by atoms with Crippen molar-refractivity contribution < 1.29 is 23.8 Å². The highest BCUT2D eigenvalue weighted by atomic mass is 16.5. The summed E-state index contributed by atoms with van der Waals surface area (Å²) in [6.07, 6.45) is 0.857. The van der Waals surface area contributed by atoms with Gasteiger partial charge in [0.15, 0.2) is 7.85 Å². The third kappa shape index (κ3) is 15.1. The molecule has 0 unspecified atom stereocenters. The van der Waals surface area contributed by atoms with Crippen LogP contribution < -0.4 is 5.32 Å². The molecule has 0 spiro atoms. The molecule has 0 aromatic rings. The number of hydrogen-bond donors (Lipinski definition) is 1. The molecule has 0 aliphatic carbocycles. The molecular weight excluding hydrogens is 225 g/mol. The Morgan fingerprint density at radius 3 is 2.06 bits per heavy atom. The first-order valence-electron chi connectivity index (χ1n) is 5.46. The van der Waals surface area contributed by atoms with Gasteiger partial charge in [-0.05, 0) is 0 Å². The summed E-state index contributed by atoms with van der Waals surface area (Å²) in [6, 6.07) is 0. The summed E-state index contributed by atoms with van der Waals surface area (Å²) < 4.78 is 15.4. The van der Waals surface area contributed by atoms with Gasteiger partial charge in [-0.25, -0.2) is 0 Å². The molecule has 1 amide bonds. The van der Waals surface area contributed by atoms with Crippen molar-refractivity contribution in [2.45, 2.75) is 6.42 Å². The van der Waals surface area contributed by atoms with Crippen molar-refractivity contribution >= 4 is 19.9 Å². The monoisotopic (exact) mass is 243 g/mol. The van der Waals surface area contributed by atoms with Crippen LogP contribution in [0.15, 0.2) is 0 Å². The second-order valence-corrected chi connectivity index (χ2v) is 3.13. The van der Waals surface area contributed by atoms with Gasteiger partial charge in [-0.2, -0.15) is 0 Å². The Hall–Kier alpha value is -0.915. The third-order valence-electron chi connectivity index (χ3n) is 1.71. The standard InChI is InChI=1S/C10H18BNO5/c11-10(14)1-3-15-5-7-17-8-6-16-4-2-12-9-13/h9H,1-8H2,(H,12,13). The zero-order valence-electron chi connectivity index (χ0n) is 9.85. The van der Waals surface area contributed by atoms with Crippen molar-refractivity contribution in [3.63, 3.8) is 0 Å². The Labute approximate surface area is 102 Å². The van der Waals surface area contributed by atoms with Crippen LogP contribution in [0.25, 0.3) is 0 Å². The molecule has 0 fully saturated rings. The van der Waals surface area contributed by atoms with E-state index in [0.29, 0.717) is 52.6 Å². The van der Waals surface area contributed by atoms with Gasteiger partial charge in [0.1, 0.15) is 0 Å². The number of hydrogen-bond acceptors (Lipinski definition) is 5.